The highest BCUT2D eigenvalue weighted by Crippen LogP contribution is 2.24. The second-order valence-corrected chi connectivity index (χ2v) is 3.28. The smallest absolute Gasteiger partial charge is 0.305 e. The maximum atomic E-state index is 12.8. The van der Waals surface area contributed by atoms with Crippen LogP contribution in [0.3, 0.4) is 0 Å². The topological polar surface area (TPSA) is 63.3 Å². The zero-order valence-corrected chi connectivity index (χ0v) is 9.19. The SMILES string of the molecule is Cl.N[C@H](CC(=O)O)c1cc(F)ccc1Cl. The molecule has 0 aliphatic rings. The van der Waals surface area contributed by atoms with Crippen LogP contribution in [0.5, 0.6) is 0 Å². The summed E-state index contributed by atoms with van der Waals surface area (Å²) < 4.78 is 12.8. The van der Waals surface area contributed by atoms with Gasteiger partial charge in [-0.2, -0.15) is 0 Å². The van der Waals surface area contributed by atoms with Crippen molar-refractivity contribution in [1.82, 2.24) is 0 Å². The number of benzene rings is 1. The molecule has 1 aromatic carbocycles. The van der Waals surface area contributed by atoms with E-state index in [1.165, 1.54) is 12.1 Å². The molecule has 0 unspecified atom stereocenters. The second-order valence-electron chi connectivity index (χ2n) is 2.87. The summed E-state index contributed by atoms with van der Waals surface area (Å²) in [5, 5.41) is 8.77. The van der Waals surface area contributed by atoms with E-state index in [-0.39, 0.29) is 23.9 Å². The molecule has 1 rings (SSSR count). The summed E-state index contributed by atoms with van der Waals surface area (Å²) in [4.78, 5) is 10.4. The molecule has 84 valence electrons. The van der Waals surface area contributed by atoms with Crippen molar-refractivity contribution >= 4 is 30.0 Å². The van der Waals surface area contributed by atoms with Gasteiger partial charge in [-0.1, -0.05) is 11.6 Å². The van der Waals surface area contributed by atoms with Crippen molar-refractivity contribution < 1.29 is 14.3 Å². The van der Waals surface area contributed by atoms with Crippen molar-refractivity contribution in [2.45, 2.75) is 12.5 Å². The van der Waals surface area contributed by atoms with Crippen molar-refractivity contribution in [2.24, 2.45) is 5.73 Å². The molecule has 3 nitrogen and oxygen atoms in total. The highest BCUT2D eigenvalue weighted by molar-refractivity contribution is 6.31. The molecule has 0 bridgehead atoms. The van der Waals surface area contributed by atoms with E-state index in [9.17, 15) is 9.18 Å². The Balaban J connectivity index is 0.00000196. The Morgan fingerprint density at radius 3 is 2.73 bits per heavy atom. The maximum absolute atomic E-state index is 12.8. The van der Waals surface area contributed by atoms with Gasteiger partial charge in [0, 0.05) is 11.1 Å². The molecule has 0 aliphatic carbocycles. The third-order valence-corrected chi connectivity index (χ3v) is 2.10. The fourth-order valence-corrected chi connectivity index (χ4v) is 1.35. The Labute approximate surface area is 97.4 Å². The number of rotatable bonds is 3. The van der Waals surface area contributed by atoms with Crippen molar-refractivity contribution in [2.75, 3.05) is 0 Å². The third kappa shape index (κ3) is 4.03. The van der Waals surface area contributed by atoms with Crippen LogP contribution in [0.2, 0.25) is 5.02 Å². The predicted octanol–water partition coefficient (Wildman–Crippen LogP) is 2.38. The first-order valence-electron chi connectivity index (χ1n) is 3.93. The zero-order valence-electron chi connectivity index (χ0n) is 7.61. The van der Waals surface area contributed by atoms with Gasteiger partial charge in [0.25, 0.3) is 0 Å². The van der Waals surface area contributed by atoms with Crippen LogP contribution in [0.1, 0.15) is 18.0 Å². The summed E-state index contributed by atoms with van der Waals surface area (Å²) in [7, 11) is 0. The van der Waals surface area contributed by atoms with E-state index in [1.54, 1.807) is 0 Å². The summed E-state index contributed by atoms with van der Waals surface area (Å²) in [6, 6.07) is 2.92. The summed E-state index contributed by atoms with van der Waals surface area (Å²) in [6.45, 7) is 0. The number of aliphatic carboxylic acids is 1. The lowest BCUT2D eigenvalue weighted by molar-refractivity contribution is -0.137. The molecule has 6 heteroatoms. The number of carboxylic acids is 1. The molecular weight excluding hydrogens is 244 g/mol. The molecule has 0 aromatic heterocycles. The molecule has 15 heavy (non-hydrogen) atoms. The molecule has 1 atom stereocenters. The van der Waals surface area contributed by atoms with Crippen LogP contribution in [0.15, 0.2) is 18.2 Å². The molecule has 0 saturated heterocycles. The van der Waals surface area contributed by atoms with Crippen LogP contribution in [-0.2, 0) is 4.79 Å². The Morgan fingerprint density at radius 1 is 1.60 bits per heavy atom. The first-order valence-corrected chi connectivity index (χ1v) is 4.31. The highest BCUT2D eigenvalue weighted by Gasteiger charge is 2.14. The Kier molecular flexibility index (Phi) is 5.57. The first-order chi connectivity index (χ1) is 6.50. The lowest BCUT2D eigenvalue weighted by Crippen LogP contribution is -2.15. The van der Waals surface area contributed by atoms with E-state index in [1.807, 2.05) is 0 Å². The van der Waals surface area contributed by atoms with E-state index >= 15 is 0 Å². The minimum absolute atomic E-state index is 0. The summed E-state index contributed by atoms with van der Waals surface area (Å²) in [5.74, 6) is -1.52. The first kappa shape index (κ1) is 14.2. The lowest BCUT2D eigenvalue weighted by atomic mass is 10.0. The fourth-order valence-electron chi connectivity index (χ4n) is 1.10. The second kappa shape index (κ2) is 5.90. The number of carboxylic acid groups (broad SMARTS) is 1. The van der Waals surface area contributed by atoms with Crippen LogP contribution in [0, 0.1) is 5.82 Å². The fraction of sp³-hybridized carbons (Fsp3) is 0.222. The van der Waals surface area contributed by atoms with Gasteiger partial charge in [0.1, 0.15) is 5.82 Å². The van der Waals surface area contributed by atoms with Gasteiger partial charge in [-0.25, -0.2) is 4.39 Å². The average Bonchev–Trinajstić information content (AvgIpc) is 2.08. The van der Waals surface area contributed by atoms with Crippen LogP contribution in [0.25, 0.3) is 0 Å². The number of hydrogen-bond donors (Lipinski definition) is 2. The Hall–Kier alpha value is -0.840. The molecular formula is C9H10Cl2FNO2. The average molecular weight is 254 g/mol. The van der Waals surface area contributed by atoms with Gasteiger partial charge in [0.2, 0.25) is 0 Å². The largest absolute Gasteiger partial charge is 0.481 e. The predicted molar refractivity (Wildman–Crippen MR) is 57.8 cm³/mol. The molecule has 0 heterocycles. The van der Waals surface area contributed by atoms with Crippen LogP contribution >= 0.6 is 24.0 Å². The van der Waals surface area contributed by atoms with Gasteiger partial charge in [-0.15, -0.1) is 12.4 Å². The number of hydrogen-bond acceptors (Lipinski definition) is 2. The quantitative estimate of drug-likeness (QED) is 0.870. The highest BCUT2D eigenvalue weighted by atomic mass is 35.5. The minimum Gasteiger partial charge on any atom is -0.481 e. The van der Waals surface area contributed by atoms with E-state index in [2.05, 4.69) is 0 Å². The molecule has 0 radical (unpaired) electrons. The number of halogens is 3. The molecule has 0 aliphatic heterocycles. The molecule has 0 spiro atoms. The van der Waals surface area contributed by atoms with E-state index in [0.717, 1.165) is 6.07 Å². The van der Waals surface area contributed by atoms with E-state index in [0.29, 0.717) is 5.56 Å². The molecule has 3 N–H and O–H groups in total. The van der Waals surface area contributed by atoms with Crippen molar-refractivity contribution in [3.8, 4) is 0 Å². The van der Waals surface area contributed by atoms with Gasteiger partial charge < -0.3 is 10.8 Å². The van der Waals surface area contributed by atoms with Crippen LogP contribution < -0.4 is 5.73 Å². The summed E-state index contributed by atoms with van der Waals surface area (Å²) in [5.41, 5.74) is 5.85. The minimum atomic E-state index is -1.04. The standard InChI is InChI=1S/C9H9ClFNO2.ClH/c10-7-2-1-5(11)3-6(7)8(12)4-9(13)14;/h1-3,8H,4,12H2,(H,13,14);1H/t8-;/m1./s1. The van der Waals surface area contributed by atoms with Crippen molar-refractivity contribution in [3.05, 3.63) is 34.6 Å². The monoisotopic (exact) mass is 253 g/mol. The Bertz CT molecular complexity index is 360. The van der Waals surface area contributed by atoms with Crippen LogP contribution in [-0.4, -0.2) is 11.1 Å². The van der Waals surface area contributed by atoms with Gasteiger partial charge in [-0.05, 0) is 23.8 Å². The van der Waals surface area contributed by atoms with Gasteiger partial charge in [0.15, 0.2) is 0 Å². The van der Waals surface area contributed by atoms with Crippen molar-refractivity contribution in [1.29, 1.82) is 0 Å². The Morgan fingerprint density at radius 2 is 2.20 bits per heavy atom. The van der Waals surface area contributed by atoms with E-state index < -0.39 is 17.8 Å². The molecule has 0 fully saturated rings. The summed E-state index contributed by atoms with van der Waals surface area (Å²) >= 11 is 5.73. The normalized spacial score (nSPS) is 11.7. The van der Waals surface area contributed by atoms with E-state index in [4.69, 9.17) is 22.4 Å². The van der Waals surface area contributed by atoms with Crippen molar-refractivity contribution in [3.63, 3.8) is 0 Å². The van der Waals surface area contributed by atoms with Crippen LogP contribution in [0.4, 0.5) is 4.39 Å². The maximum Gasteiger partial charge on any atom is 0.305 e. The molecule has 1 aromatic rings. The number of nitrogens with two attached hydrogens (primary N) is 1. The molecule has 0 amide bonds. The number of carbonyl (C=O) groups is 1. The molecule has 0 saturated carbocycles. The van der Waals surface area contributed by atoms with Gasteiger partial charge in [0.05, 0.1) is 6.42 Å². The third-order valence-electron chi connectivity index (χ3n) is 1.75. The van der Waals surface area contributed by atoms with Gasteiger partial charge >= 0.3 is 5.97 Å². The summed E-state index contributed by atoms with van der Waals surface area (Å²) in [6.07, 6.45) is -0.275. The van der Waals surface area contributed by atoms with Gasteiger partial charge in [-0.3, -0.25) is 4.79 Å². The lowest BCUT2D eigenvalue weighted by Gasteiger charge is -2.10. The zero-order chi connectivity index (χ0) is 10.7.